The number of aromatic nitrogens is 2. The molecule has 3 rings (SSSR count). The molecule has 1 aliphatic heterocycles. The number of amides is 1. The van der Waals surface area contributed by atoms with Crippen LogP contribution in [0.25, 0.3) is 0 Å². The maximum absolute atomic E-state index is 13.7. The van der Waals surface area contributed by atoms with Crippen LogP contribution >= 0.6 is 0 Å². The van der Waals surface area contributed by atoms with Gasteiger partial charge in [0.2, 0.25) is 5.91 Å². The molecule has 27 heavy (non-hydrogen) atoms. The third-order valence-corrected chi connectivity index (χ3v) is 4.43. The summed E-state index contributed by atoms with van der Waals surface area (Å²) < 4.78 is 28.3. The summed E-state index contributed by atoms with van der Waals surface area (Å²) >= 11 is 0. The van der Waals surface area contributed by atoms with Crippen LogP contribution in [0, 0.1) is 11.6 Å². The zero-order valence-electron chi connectivity index (χ0n) is 15.3. The molecule has 1 N–H and O–H groups in total. The predicted octanol–water partition coefficient (Wildman–Crippen LogP) is 1.16. The van der Waals surface area contributed by atoms with Crippen LogP contribution in [0.15, 0.2) is 35.6 Å². The first-order valence-electron chi connectivity index (χ1n) is 8.66. The first-order valence-corrected chi connectivity index (χ1v) is 8.66. The molecule has 0 unspecified atom stereocenters. The Bertz CT molecular complexity index is 850. The van der Waals surface area contributed by atoms with E-state index >= 15 is 0 Å². The van der Waals surface area contributed by atoms with Crippen LogP contribution in [0.2, 0.25) is 0 Å². The van der Waals surface area contributed by atoms with Crippen molar-refractivity contribution < 1.29 is 13.6 Å². The highest BCUT2D eigenvalue weighted by Gasteiger charge is 2.27. The summed E-state index contributed by atoms with van der Waals surface area (Å²) in [5.41, 5.74) is 1.20. The highest BCUT2D eigenvalue weighted by molar-refractivity contribution is 5.98. The van der Waals surface area contributed by atoms with Gasteiger partial charge in [0.25, 0.3) is 0 Å². The highest BCUT2D eigenvalue weighted by atomic mass is 19.1. The van der Waals surface area contributed by atoms with Gasteiger partial charge in [-0.15, -0.1) is 0 Å². The van der Waals surface area contributed by atoms with Gasteiger partial charge in [-0.05, 0) is 18.1 Å². The molecule has 1 aromatic heterocycles. The van der Waals surface area contributed by atoms with E-state index in [1.807, 2.05) is 4.90 Å². The van der Waals surface area contributed by atoms with E-state index in [9.17, 15) is 13.6 Å². The van der Waals surface area contributed by atoms with Gasteiger partial charge in [-0.2, -0.15) is 5.10 Å². The molecular formula is C18H22F2N6O. The van der Waals surface area contributed by atoms with Gasteiger partial charge in [-0.1, -0.05) is 6.07 Å². The minimum Gasteiger partial charge on any atom is -0.356 e. The molecular weight excluding hydrogens is 354 g/mol. The zero-order chi connectivity index (χ0) is 19.4. The monoisotopic (exact) mass is 376 g/mol. The van der Waals surface area contributed by atoms with Crippen LogP contribution in [0.1, 0.15) is 5.56 Å². The van der Waals surface area contributed by atoms with E-state index in [1.165, 1.54) is 12.1 Å². The summed E-state index contributed by atoms with van der Waals surface area (Å²) in [6, 6.07) is 3.55. The van der Waals surface area contributed by atoms with Crippen molar-refractivity contribution in [1.29, 1.82) is 0 Å². The van der Waals surface area contributed by atoms with Gasteiger partial charge in [0.05, 0.1) is 11.9 Å². The molecule has 1 saturated heterocycles. The Morgan fingerprint density at radius 3 is 2.78 bits per heavy atom. The van der Waals surface area contributed by atoms with Crippen molar-refractivity contribution in [3.8, 4) is 0 Å². The molecule has 1 aliphatic rings. The minimum absolute atomic E-state index is 0.0400. The third-order valence-electron chi connectivity index (χ3n) is 4.43. The van der Waals surface area contributed by atoms with Crippen LogP contribution in [0.3, 0.4) is 0 Å². The van der Waals surface area contributed by atoms with E-state index in [2.05, 4.69) is 15.4 Å². The van der Waals surface area contributed by atoms with Gasteiger partial charge in [0, 0.05) is 46.0 Å². The summed E-state index contributed by atoms with van der Waals surface area (Å²) in [7, 11) is 3.44. The number of nitrogens with one attached hydrogen (secondary N) is 1. The van der Waals surface area contributed by atoms with E-state index < -0.39 is 11.6 Å². The summed E-state index contributed by atoms with van der Waals surface area (Å²) in [6.45, 7) is 1.76. The Morgan fingerprint density at radius 1 is 1.33 bits per heavy atom. The maximum Gasteiger partial charge on any atom is 0.246 e. The van der Waals surface area contributed by atoms with Gasteiger partial charge in [0.15, 0.2) is 5.96 Å². The molecule has 0 aliphatic carbocycles. The van der Waals surface area contributed by atoms with Crippen molar-refractivity contribution >= 4 is 17.6 Å². The lowest BCUT2D eigenvalue weighted by atomic mass is 10.1. The molecule has 0 saturated carbocycles. The second-order valence-corrected chi connectivity index (χ2v) is 6.30. The third kappa shape index (κ3) is 4.42. The van der Waals surface area contributed by atoms with Crippen LogP contribution in [-0.2, 0) is 18.3 Å². The molecule has 144 valence electrons. The minimum atomic E-state index is -0.593. The number of anilines is 1. The largest absolute Gasteiger partial charge is 0.356 e. The van der Waals surface area contributed by atoms with Crippen LogP contribution in [0.4, 0.5) is 14.5 Å². The Balaban J connectivity index is 1.55. The van der Waals surface area contributed by atoms with Gasteiger partial charge >= 0.3 is 0 Å². The predicted molar refractivity (Wildman–Crippen MR) is 98.6 cm³/mol. The normalized spacial score (nSPS) is 15.4. The molecule has 0 radical (unpaired) electrons. The lowest BCUT2D eigenvalue weighted by Crippen LogP contribution is -2.55. The number of aryl methyl sites for hydroxylation is 1. The molecule has 1 amide bonds. The number of piperazine rings is 1. The maximum atomic E-state index is 13.7. The number of guanidine groups is 1. The van der Waals surface area contributed by atoms with E-state index in [0.717, 1.165) is 11.8 Å². The molecule has 1 aromatic carbocycles. The summed E-state index contributed by atoms with van der Waals surface area (Å²) in [5.74, 6) is -0.615. The van der Waals surface area contributed by atoms with Gasteiger partial charge in [0.1, 0.15) is 18.2 Å². The molecule has 7 nitrogen and oxygen atoms in total. The number of halogens is 2. The number of carbonyl (C=O) groups excluding carboxylic acids is 1. The lowest BCUT2D eigenvalue weighted by molar-refractivity contribution is -0.120. The smallest absolute Gasteiger partial charge is 0.246 e. The average molecular weight is 376 g/mol. The van der Waals surface area contributed by atoms with E-state index in [-0.39, 0.29) is 12.5 Å². The van der Waals surface area contributed by atoms with Crippen molar-refractivity contribution in [2.45, 2.75) is 6.42 Å². The summed E-state index contributed by atoms with van der Waals surface area (Å²) in [5, 5.41) is 7.23. The molecule has 0 spiro atoms. The quantitative estimate of drug-likeness (QED) is 0.643. The number of aliphatic imine (C=N–C) groups is 1. The van der Waals surface area contributed by atoms with Crippen molar-refractivity contribution in [3.05, 3.63) is 47.8 Å². The van der Waals surface area contributed by atoms with Crippen LogP contribution in [0.5, 0.6) is 0 Å². The van der Waals surface area contributed by atoms with Gasteiger partial charge in [-0.3, -0.25) is 14.5 Å². The highest BCUT2D eigenvalue weighted by Crippen LogP contribution is 2.16. The summed E-state index contributed by atoms with van der Waals surface area (Å²) in [6.07, 6.45) is 3.85. The first kappa shape index (κ1) is 18.8. The van der Waals surface area contributed by atoms with Crippen molar-refractivity contribution in [3.63, 3.8) is 0 Å². The lowest BCUT2D eigenvalue weighted by Gasteiger charge is -2.35. The van der Waals surface area contributed by atoms with Gasteiger partial charge < -0.3 is 15.1 Å². The average Bonchev–Trinajstić information content (AvgIpc) is 3.06. The number of rotatable bonds is 4. The van der Waals surface area contributed by atoms with Crippen molar-refractivity contribution in [2.75, 3.05) is 38.1 Å². The fraction of sp³-hybridized carbons (Fsp3) is 0.389. The molecule has 9 heteroatoms. The number of hydrogen-bond donors (Lipinski definition) is 1. The second-order valence-electron chi connectivity index (χ2n) is 6.30. The van der Waals surface area contributed by atoms with E-state index in [4.69, 9.17) is 0 Å². The van der Waals surface area contributed by atoms with Crippen LogP contribution in [-0.4, -0.2) is 59.8 Å². The molecule has 1 fully saturated rings. The number of carbonyl (C=O) groups is 1. The summed E-state index contributed by atoms with van der Waals surface area (Å²) in [4.78, 5) is 20.2. The van der Waals surface area contributed by atoms with Gasteiger partial charge in [-0.25, -0.2) is 8.78 Å². The number of hydrogen-bond acceptors (Lipinski definition) is 3. The Labute approximate surface area is 156 Å². The second kappa shape index (κ2) is 8.15. The van der Waals surface area contributed by atoms with Crippen molar-refractivity contribution in [1.82, 2.24) is 20.0 Å². The fourth-order valence-corrected chi connectivity index (χ4v) is 3.04. The number of benzene rings is 1. The molecule has 2 heterocycles. The van der Waals surface area contributed by atoms with E-state index in [1.54, 1.807) is 36.1 Å². The van der Waals surface area contributed by atoms with E-state index in [0.29, 0.717) is 37.6 Å². The molecule has 2 aromatic rings. The topological polar surface area (TPSA) is 65.8 Å². The standard InChI is InChI=1S/C18H22F2N6O/c1-21-18(22-6-5-13-3-4-14(19)9-16(13)20)25-7-8-26(17(27)12-25)15-10-23-24(2)11-15/h3-4,9-11H,5-8,12H2,1-2H3,(H,21,22). The fourth-order valence-electron chi connectivity index (χ4n) is 3.04. The Morgan fingerprint density at radius 2 is 2.15 bits per heavy atom. The Hall–Kier alpha value is -2.97. The molecule has 0 atom stereocenters. The zero-order valence-corrected chi connectivity index (χ0v) is 15.3. The Kier molecular flexibility index (Phi) is 5.68. The number of nitrogens with zero attached hydrogens (tertiary/aromatic N) is 5. The van der Waals surface area contributed by atoms with Crippen molar-refractivity contribution in [2.24, 2.45) is 12.0 Å². The molecule has 0 bridgehead atoms. The first-order chi connectivity index (χ1) is 13.0. The SMILES string of the molecule is CN=C(NCCc1ccc(F)cc1F)N1CCN(c2cnn(C)c2)C(=O)C1. The van der Waals surface area contributed by atoms with Crippen LogP contribution < -0.4 is 10.2 Å².